The highest BCUT2D eigenvalue weighted by Gasteiger charge is 2.28. The lowest BCUT2D eigenvalue weighted by molar-refractivity contribution is -0.118. The number of thioether (sulfide) groups is 1. The van der Waals surface area contributed by atoms with Crippen molar-refractivity contribution in [2.24, 2.45) is 0 Å². The molecule has 1 amide bonds. The maximum Gasteiger partial charge on any atom is 0.230 e. The zero-order valence-corrected chi connectivity index (χ0v) is 13.5. The van der Waals surface area contributed by atoms with Gasteiger partial charge in [0.05, 0.1) is 17.3 Å². The van der Waals surface area contributed by atoms with E-state index in [4.69, 9.17) is 0 Å². The fourth-order valence-corrected chi connectivity index (χ4v) is 5.71. The summed E-state index contributed by atoms with van der Waals surface area (Å²) in [6, 6.07) is 3.65. The molecule has 0 bridgehead atoms. The van der Waals surface area contributed by atoms with E-state index in [9.17, 15) is 22.0 Å². The summed E-state index contributed by atoms with van der Waals surface area (Å²) in [5, 5.41) is 2.55. The Balaban J connectivity index is 1.70. The normalized spacial score (nSPS) is 20.0. The molecule has 0 saturated carbocycles. The molecule has 0 aliphatic carbocycles. The number of nitrogens with one attached hydrogen (secondary N) is 1. The molecule has 1 N–H and O–H groups in total. The van der Waals surface area contributed by atoms with Crippen LogP contribution in [0.5, 0.6) is 0 Å². The number of carbonyl (C=O) groups excluding carboxylic acids is 1. The summed E-state index contributed by atoms with van der Waals surface area (Å²) in [7, 11) is -2.94. The monoisotopic (exact) mass is 349 g/mol. The average molecular weight is 349 g/mol. The largest absolute Gasteiger partial charge is 0.355 e. The van der Waals surface area contributed by atoms with E-state index in [0.29, 0.717) is 6.42 Å². The quantitative estimate of drug-likeness (QED) is 0.846. The second-order valence-corrected chi connectivity index (χ2v) is 8.65. The first-order valence-electron chi connectivity index (χ1n) is 6.89. The molecule has 1 heterocycles. The van der Waals surface area contributed by atoms with Crippen LogP contribution in [0.4, 0.5) is 8.78 Å². The van der Waals surface area contributed by atoms with Gasteiger partial charge in [-0.2, -0.15) is 0 Å². The Kier molecular flexibility index (Phi) is 5.80. The number of halogens is 2. The number of rotatable bonds is 6. The summed E-state index contributed by atoms with van der Waals surface area (Å²) in [6.45, 7) is 0.139. The second kappa shape index (κ2) is 7.41. The maximum atomic E-state index is 13.4. The van der Waals surface area contributed by atoms with Crippen LogP contribution < -0.4 is 5.32 Å². The van der Waals surface area contributed by atoms with E-state index >= 15 is 0 Å². The van der Waals surface area contributed by atoms with Crippen molar-refractivity contribution in [1.29, 1.82) is 0 Å². The molecule has 1 atom stereocenters. The van der Waals surface area contributed by atoms with Crippen LogP contribution in [0.25, 0.3) is 0 Å². The molecule has 2 rings (SSSR count). The zero-order chi connectivity index (χ0) is 16.2. The first kappa shape index (κ1) is 17.2. The molecule has 0 radical (unpaired) electrons. The van der Waals surface area contributed by atoms with Gasteiger partial charge >= 0.3 is 0 Å². The van der Waals surface area contributed by atoms with Crippen molar-refractivity contribution >= 4 is 27.5 Å². The molecule has 1 saturated heterocycles. The van der Waals surface area contributed by atoms with Gasteiger partial charge in [-0.05, 0) is 25.0 Å². The van der Waals surface area contributed by atoms with Gasteiger partial charge in [-0.1, -0.05) is 6.07 Å². The highest BCUT2D eigenvalue weighted by Crippen LogP contribution is 2.23. The van der Waals surface area contributed by atoms with Crippen LogP contribution in [-0.4, -0.2) is 43.4 Å². The lowest BCUT2D eigenvalue weighted by Crippen LogP contribution is -2.28. The van der Waals surface area contributed by atoms with Gasteiger partial charge in [0.2, 0.25) is 5.91 Å². The van der Waals surface area contributed by atoms with Gasteiger partial charge in [0.15, 0.2) is 9.84 Å². The van der Waals surface area contributed by atoms with Gasteiger partial charge in [-0.3, -0.25) is 4.79 Å². The smallest absolute Gasteiger partial charge is 0.230 e. The first-order chi connectivity index (χ1) is 10.4. The Morgan fingerprint density at radius 3 is 2.59 bits per heavy atom. The van der Waals surface area contributed by atoms with Gasteiger partial charge in [0, 0.05) is 17.4 Å². The van der Waals surface area contributed by atoms with E-state index in [1.165, 1.54) is 30.0 Å². The lowest BCUT2D eigenvalue weighted by Gasteiger charge is -2.09. The maximum absolute atomic E-state index is 13.4. The fraction of sp³-hybridized carbons (Fsp3) is 0.500. The van der Waals surface area contributed by atoms with E-state index in [1.807, 2.05) is 0 Å². The van der Waals surface area contributed by atoms with E-state index in [0.717, 1.165) is 0 Å². The Labute approximate surface area is 132 Å². The van der Waals surface area contributed by atoms with E-state index in [2.05, 4.69) is 5.32 Å². The average Bonchev–Trinajstić information content (AvgIpc) is 2.79. The van der Waals surface area contributed by atoms with Crippen LogP contribution in [0, 0.1) is 11.6 Å². The topological polar surface area (TPSA) is 63.2 Å². The molecule has 22 heavy (non-hydrogen) atoms. The van der Waals surface area contributed by atoms with E-state index in [1.54, 1.807) is 0 Å². The van der Waals surface area contributed by atoms with Crippen LogP contribution in [0.3, 0.4) is 0 Å². The van der Waals surface area contributed by atoms with Crippen molar-refractivity contribution in [3.8, 4) is 0 Å². The third-order valence-corrected chi connectivity index (χ3v) is 6.68. The number of hydrogen-bond donors (Lipinski definition) is 1. The Hall–Kier alpha value is -1.15. The highest BCUT2D eigenvalue weighted by atomic mass is 32.2. The lowest BCUT2D eigenvalue weighted by atomic mass is 10.1. The minimum Gasteiger partial charge on any atom is -0.355 e. The molecular formula is C14H17F2NO3S2. The van der Waals surface area contributed by atoms with Gasteiger partial charge in [0.1, 0.15) is 11.6 Å². The number of sulfone groups is 1. The van der Waals surface area contributed by atoms with Gasteiger partial charge in [-0.15, -0.1) is 11.8 Å². The molecule has 1 unspecified atom stereocenters. The van der Waals surface area contributed by atoms with Crippen molar-refractivity contribution in [2.45, 2.75) is 18.1 Å². The SMILES string of the molecule is O=C(CSC1CCS(=O)(=O)C1)NCCc1c(F)cccc1F. The molecular weight excluding hydrogens is 332 g/mol. The number of hydrogen-bond acceptors (Lipinski definition) is 4. The Bertz CT molecular complexity index is 629. The van der Waals surface area contributed by atoms with Gasteiger partial charge < -0.3 is 5.32 Å². The van der Waals surface area contributed by atoms with Crippen molar-refractivity contribution in [2.75, 3.05) is 23.8 Å². The minimum atomic E-state index is -2.94. The third-order valence-electron chi connectivity index (χ3n) is 3.40. The summed E-state index contributed by atoms with van der Waals surface area (Å²) in [6.07, 6.45) is 0.646. The second-order valence-electron chi connectivity index (χ2n) is 5.14. The molecule has 1 aromatic rings. The Morgan fingerprint density at radius 1 is 1.32 bits per heavy atom. The van der Waals surface area contributed by atoms with Crippen molar-refractivity contribution in [3.63, 3.8) is 0 Å². The van der Waals surface area contributed by atoms with Crippen LogP contribution in [0.1, 0.15) is 12.0 Å². The number of amides is 1. The van der Waals surface area contributed by atoms with Crippen molar-refractivity contribution in [3.05, 3.63) is 35.4 Å². The van der Waals surface area contributed by atoms with Crippen LogP contribution >= 0.6 is 11.8 Å². The van der Waals surface area contributed by atoms with Crippen LogP contribution in [-0.2, 0) is 21.1 Å². The predicted octanol–water partition coefficient (Wildman–Crippen LogP) is 1.54. The third kappa shape index (κ3) is 4.95. The highest BCUT2D eigenvalue weighted by molar-refractivity contribution is 8.02. The Morgan fingerprint density at radius 2 is 2.00 bits per heavy atom. The molecule has 1 fully saturated rings. The predicted molar refractivity (Wildman–Crippen MR) is 82.6 cm³/mol. The number of carbonyl (C=O) groups is 1. The summed E-state index contributed by atoms with van der Waals surface area (Å²) in [5.74, 6) is -1.06. The summed E-state index contributed by atoms with van der Waals surface area (Å²) in [4.78, 5) is 11.7. The molecule has 4 nitrogen and oxygen atoms in total. The van der Waals surface area contributed by atoms with Crippen molar-refractivity contribution in [1.82, 2.24) is 5.32 Å². The molecule has 1 aromatic carbocycles. The molecule has 1 aliphatic heterocycles. The van der Waals surface area contributed by atoms with E-state index < -0.39 is 21.5 Å². The van der Waals surface area contributed by atoms with Crippen molar-refractivity contribution < 1.29 is 22.0 Å². The molecule has 1 aliphatic rings. The summed E-state index contributed by atoms with van der Waals surface area (Å²) >= 11 is 1.31. The molecule has 0 aromatic heterocycles. The summed E-state index contributed by atoms with van der Waals surface area (Å²) in [5.41, 5.74) is -0.0441. The zero-order valence-electron chi connectivity index (χ0n) is 11.8. The van der Waals surface area contributed by atoms with E-state index in [-0.39, 0.29) is 46.9 Å². The first-order valence-corrected chi connectivity index (χ1v) is 9.76. The van der Waals surface area contributed by atoms with Gasteiger partial charge in [0.25, 0.3) is 0 Å². The van der Waals surface area contributed by atoms with Gasteiger partial charge in [-0.25, -0.2) is 17.2 Å². The molecule has 0 spiro atoms. The molecule has 8 heteroatoms. The summed E-state index contributed by atoms with van der Waals surface area (Å²) < 4.78 is 49.4. The standard InChI is InChI=1S/C14H17F2NO3S2/c15-12-2-1-3-13(16)11(12)4-6-17-14(18)8-21-10-5-7-22(19,20)9-10/h1-3,10H,4-9H2,(H,17,18). The fourth-order valence-electron chi connectivity index (χ4n) is 2.24. The number of benzene rings is 1. The molecule has 122 valence electrons. The van der Waals surface area contributed by atoms with Crippen LogP contribution in [0.15, 0.2) is 18.2 Å². The minimum absolute atomic E-state index is 0.0419. The van der Waals surface area contributed by atoms with Crippen LogP contribution in [0.2, 0.25) is 0 Å².